The van der Waals surface area contributed by atoms with Gasteiger partial charge in [0.15, 0.2) is 0 Å². The van der Waals surface area contributed by atoms with Crippen LogP contribution in [-0.4, -0.2) is 11.6 Å². The zero-order chi connectivity index (χ0) is 16.0. The van der Waals surface area contributed by atoms with Crippen molar-refractivity contribution in [2.75, 3.05) is 0 Å². The molecule has 21 heavy (non-hydrogen) atoms. The molecule has 2 heteroatoms. The Hall–Kier alpha value is -2.09. The van der Waals surface area contributed by atoms with Crippen molar-refractivity contribution in [2.45, 2.75) is 39.2 Å². The van der Waals surface area contributed by atoms with Gasteiger partial charge in [0, 0.05) is 0 Å². The molecule has 0 saturated carbocycles. The van der Waals surface area contributed by atoms with Crippen LogP contribution in [-0.2, 0) is 9.53 Å². The predicted octanol–water partition coefficient (Wildman–Crippen LogP) is 4.72. The number of hydrogen-bond acceptors (Lipinski definition) is 2. The van der Waals surface area contributed by atoms with Gasteiger partial charge in [-0.1, -0.05) is 61.2 Å². The summed E-state index contributed by atoms with van der Waals surface area (Å²) in [6.45, 7) is 15.1. The van der Waals surface area contributed by atoms with Gasteiger partial charge in [-0.3, -0.25) is 4.79 Å². The maximum Gasteiger partial charge on any atom is 0.318 e. The lowest BCUT2D eigenvalue weighted by atomic mass is 9.90. The maximum absolute atomic E-state index is 12.6. The molecule has 0 aromatic heterocycles. The third-order valence-corrected chi connectivity index (χ3v) is 2.93. The fourth-order valence-electron chi connectivity index (χ4n) is 2.00. The second-order valence-corrected chi connectivity index (χ2v) is 5.98. The minimum atomic E-state index is -0.527. The molecule has 112 valence electrons. The van der Waals surface area contributed by atoms with E-state index < -0.39 is 11.5 Å². The number of esters is 1. The molecule has 2 nitrogen and oxygen atoms in total. The molecule has 0 radical (unpaired) electrons. The van der Waals surface area contributed by atoms with Crippen LogP contribution in [0.3, 0.4) is 0 Å². The normalized spacial score (nSPS) is 13.4. The average Bonchev–Trinajstić information content (AvgIpc) is 2.38. The van der Waals surface area contributed by atoms with E-state index in [1.165, 1.54) is 0 Å². The second-order valence-electron chi connectivity index (χ2n) is 5.98. The summed E-state index contributed by atoms with van der Waals surface area (Å²) in [4.78, 5) is 12.6. The number of benzene rings is 1. The van der Waals surface area contributed by atoms with Crippen molar-refractivity contribution in [2.24, 2.45) is 0 Å². The van der Waals surface area contributed by atoms with Gasteiger partial charge in [-0.2, -0.15) is 0 Å². The van der Waals surface area contributed by atoms with Crippen molar-refractivity contribution in [1.82, 2.24) is 0 Å². The van der Waals surface area contributed by atoms with Crippen molar-refractivity contribution in [1.29, 1.82) is 0 Å². The first-order chi connectivity index (χ1) is 9.78. The molecule has 0 aliphatic rings. The zero-order valence-corrected chi connectivity index (χ0v) is 13.3. The molecule has 1 aromatic carbocycles. The Labute approximate surface area is 127 Å². The quantitative estimate of drug-likeness (QED) is 0.577. The molecule has 0 fully saturated rings. The van der Waals surface area contributed by atoms with Gasteiger partial charge in [0.25, 0.3) is 0 Å². The number of carbonyl (C=O) groups is 1. The summed E-state index contributed by atoms with van der Waals surface area (Å²) in [5.74, 6) is -0.764. The van der Waals surface area contributed by atoms with E-state index in [-0.39, 0.29) is 5.97 Å². The maximum atomic E-state index is 12.6. The van der Waals surface area contributed by atoms with Crippen LogP contribution in [0.5, 0.6) is 0 Å². The summed E-state index contributed by atoms with van der Waals surface area (Å²) < 4.78 is 5.55. The predicted molar refractivity (Wildman–Crippen MR) is 88.2 cm³/mol. The standard InChI is InChI=1S/C19H24O2/c1-7-9-15(8-2)17(18(20)21-19(4,5)6)16-12-10-14(3)11-13-16/h7-13,17H,1-2H2,3-6H3/b15-9+. The number of ether oxygens (including phenoxy) is 1. The van der Waals surface area contributed by atoms with Crippen molar-refractivity contribution in [3.63, 3.8) is 0 Å². The van der Waals surface area contributed by atoms with Gasteiger partial charge < -0.3 is 4.74 Å². The molecule has 0 spiro atoms. The van der Waals surface area contributed by atoms with Gasteiger partial charge in [0.05, 0.1) is 0 Å². The van der Waals surface area contributed by atoms with Crippen LogP contribution in [0.25, 0.3) is 0 Å². The van der Waals surface area contributed by atoms with Crippen LogP contribution in [0.15, 0.2) is 61.2 Å². The Balaban J connectivity index is 3.25. The molecule has 0 aliphatic heterocycles. The average molecular weight is 284 g/mol. The van der Waals surface area contributed by atoms with Gasteiger partial charge in [-0.25, -0.2) is 0 Å². The molecule has 0 amide bonds. The van der Waals surface area contributed by atoms with Crippen molar-refractivity contribution < 1.29 is 9.53 Å². The third kappa shape index (κ3) is 5.07. The van der Waals surface area contributed by atoms with Crippen molar-refractivity contribution in [3.05, 3.63) is 72.4 Å². The molecule has 0 N–H and O–H groups in total. The van der Waals surface area contributed by atoms with Gasteiger partial charge >= 0.3 is 5.97 Å². The van der Waals surface area contributed by atoms with Crippen LogP contribution < -0.4 is 0 Å². The van der Waals surface area contributed by atoms with Crippen molar-refractivity contribution in [3.8, 4) is 0 Å². The lowest BCUT2D eigenvalue weighted by Crippen LogP contribution is -2.28. The largest absolute Gasteiger partial charge is 0.459 e. The molecule has 1 aromatic rings. The van der Waals surface area contributed by atoms with Crippen molar-refractivity contribution >= 4 is 5.97 Å². The fourth-order valence-corrected chi connectivity index (χ4v) is 2.00. The minimum absolute atomic E-state index is 0.278. The highest BCUT2D eigenvalue weighted by molar-refractivity contribution is 5.83. The minimum Gasteiger partial charge on any atom is -0.459 e. The van der Waals surface area contributed by atoms with E-state index in [2.05, 4.69) is 13.2 Å². The van der Waals surface area contributed by atoms with Crippen LogP contribution in [0.2, 0.25) is 0 Å². The van der Waals surface area contributed by atoms with Crippen LogP contribution in [0.1, 0.15) is 37.8 Å². The van der Waals surface area contributed by atoms with Crippen LogP contribution >= 0.6 is 0 Å². The Bertz CT molecular complexity index is 542. The van der Waals surface area contributed by atoms with Gasteiger partial charge in [-0.05, 0) is 38.8 Å². The summed E-state index contributed by atoms with van der Waals surface area (Å²) in [5, 5.41) is 0. The molecule has 0 heterocycles. The Kier molecular flexibility index (Phi) is 5.71. The lowest BCUT2D eigenvalue weighted by molar-refractivity contribution is -0.155. The Morgan fingerprint density at radius 1 is 1.19 bits per heavy atom. The van der Waals surface area contributed by atoms with E-state index in [1.54, 1.807) is 18.2 Å². The molecule has 1 atom stereocenters. The highest BCUT2D eigenvalue weighted by Crippen LogP contribution is 2.29. The van der Waals surface area contributed by atoms with E-state index in [1.807, 2.05) is 52.0 Å². The molecular formula is C19H24O2. The molecular weight excluding hydrogens is 260 g/mol. The second kappa shape index (κ2) is 7.07. The van der Waals surface area contributed by atoms with E-state index in [9.17, 15) is 4.79 Å². The zero-order valence-electron chi connectivity index (χ0n) is 13.3. The number of rotatable bonds is 5. The van der Waals surface area contributed by atoms with Crippen LogP contribution in [0.4, 0.5) is 0 Å². The summed E-state index contributed by atoms with van der Waals surface area (Å²) in [6, 6.07) is 7.87. The highest BCUT2D eigenvalue weighted by Gasteiger charge is 2.28. The van der Waals surface area contributed by atoms with E-state index in [0.717, 1.165) is 16.7 Å². The molecule has 1 rings (SSSR count). The number of aryl methyl sites for hydroxylation is 1. The first kappa shape index (κ1) is 17.0. The number of carbonyl (C=O) groups excluding carboxylic acids is 1. The molecule has 1 unspecified atom stereocenters. The van der Waals surface area contributed by atoms with Crippen LogP contribution in [0, 0.1) is 6.92 Å². The molecule has 0 aliphatic carbocycles. The van der Waals surface area contributed by atoms with Gasteiger partial charge in [0.2, 0.25) is 0 Å². The first-order valence-electron chi connectivity index (χ1n) is 7.03. The monoisotopic (exact) mass is 284 g/mol. The first-order valence-corrected chi connectivity index (χ1v) is 7.03. The fraction of sp³-hybridized carbons (Fsp3) is 0.316. The number of allylic oxidation sites excluding steroid dienone is 3. The van der Waals surface area contributed by atoms with E-state index in [4.69, 9.17) is 4.74 Å². The topological polar surface area (TPSA) is 26.3 Å². The van der Waals surface area contributed by atoms with E-state index in [0.29, 0.717) is 0 Å². The van der Waals surface area contributed by atoms with Gasteiger partial charge in [0.1, 0.15) is 11.5 Å². The number of hydrogen-bond donors (Lipinski definition) is 0. The lowest BCUT2D eigenvalue weighted by Gasteiger charge is -2.25. The molecule has 0 saturated heterocycles. The summed E-state index contributed by atoms with van der Waals surface area (Å²) in [6.07, 6.45) is 5.13. The summed E-state index contributed by atoms with van der Waals surface area (Å²) >= 11 is 0. The Morgan fingerprint density at radius 2 is 1.76 bits per heavy atom. The SMILES string of the molecule is C=C/C=C(\C=C)C(C(=O)OC(C)(C)C)c1ccc(C)cc1. The summed E-state index contributed by atoms with van der Waals surface area (Å²) in [5.41, 5.74) is 2.29. The smallest absolute Gasteiger partial charge is 0.318 e. The summed E-state index contributed by atoms with van der Waals surface area (Å²) in [7, 11) is 0. The Morgan fingerprint density at radius 3 is 2.19 bits per heavy atom. The third-order valence-electron chi connectivity index (χ3n) is 2.93. The molecule has 0 bridgehead atoms. The van der Waals surface area contributed by atoms with E-state index >= 15 is 0 Å². The highest BCUT2D eigenvalue weighted by atomic mass is 16.6. The van der Waals surface area contributed by atoms with Gasteiger partial charge in [-0.15, -0.1) is 0 Å².